The van der Waals surface area contributed by atoms with Crippen molar-refractivity contribution in [3.05, 3.63) is 35.6 Å². The number of carbonyl (C=O) groups is 1. The molecule has 0 spiro atoms. The summed E-state index contributed by atoms with van der Waals surface area (Å²) in [6.45, 7) is 1.78. The zero-order valence-corrected chi connectivity index (χ0v) is 13.1. The first-order valence-electron chi connectivity index (χ1n) is 8.36. The third-order valence-corrected chi connectivity index (χ3v) is 4.55. The van der Waals surface area contributed by atoms with Crippen molar-refractivity contribution in [2.24, 2.45) is 0 Å². The molecule has 1 saturated carbocycles. The summed E-state index contributed by atoms with van der Waals surface area (Å²) in [7, 11) is 0. The van der Waals surface area contributed by atoms with Crippen molar-refractivity contribution in [1.29, 1.82) is 0 Å². The maximum atomic E-state index is 13.7. The molecule has 0 aromatic heterocycles. The average Bonchev–Trinajstić information content (AvgIpc) is 3.02. The van der Waals surface area contributed by atoms with E-state index in [9.17, 15) is 9.18 Å². The van der Waals surface area contributed by atoms with Gasteiger partial charge in [-0.3, -0.25) is 4.79 Å². The van der Waals surface area contributed by atoms with Crippen LogP contribution in [0.15, 0.2) is 24.3 Å². The molecule has 1 aliphatic carbocycles. The largest absolute Gasteiger partial charge is 0.481 e. The quantitative estimate of drug-likeness (QED) is 0.704. The predicted molar refractivity (Wildman–Crippen MR) is 85.4 cm³/mol. The highest BCUT2D eigenvalue weighted by molar-refractivity contribution is 5.66. The number of benzene rings is 1. The van der Waals surface area contributed by atoms with Crippen LogP contribution in [0.2, 0.25) is 0 Å². The summed E-state index contributed by atoms with van der Waals surface area (Å²) in [4.78, 5) is 13.0. The molecular weight excluding hydrogens is 281 g/mol. The van der Waals surface area contributed by atoms with Gasteiger partial charge in [-0.05, 0) is 50.3 Å². The van der Waals surface area contributed by atoms with E-state index in [1.54, 1.807) is 6.07 Å². The lowest BCUT2D eigenvalue weighted by atomic mass is 10.1. The van der Waals surface area contributed by atoms with E-state index in [4.69, 9.17) is 5.11 Å². The number of hydrogen-bond donors (Lipinski definition) is 1. The molecule has 1 aliphatic rings. The van der Waals surface area contributed by atoms with Gasteiger partial charge in [0.15, 0.2) is 0 Å². The van der Waals surface area contributed by atoms with Crippen LogP contribution >= 0.6 is 0 Å². The van der Waals surface area contributed by atoms with E-state index in [1.807, 2.05) is 12.1 Å². The van der Waals surface area contributed by atoms with Crippen LogP contribution in [0.4, 0.5) is 4.39 Å². The Balaban J connectivity index is 1.84. The number of aliphatic carboxylic acids is 1. The van der Waals surface area contributed by atoms with E-state index >= 15 is 0 Å². The molecule has 22 heavy (non-hydrogen) atoms. The van der Waals surface area contributed by atoms with Crippen molar-refractivity contribution < 1.29 is 14.3 Å². The highest BCUT2D eigenvalue weighted by Crippen LogP contribution is 2.24. The fraction of sp³-hybridized carbons (Fsp3) is 0.611. The first kappa shape index (κ1) is 16.9. The van der Waals surface area contributed by atoms with Crippen molar-refractivity contribution in [2.75, 3.05) is 13.1 Å². The molecule has 2 rings (SSSR count). The first-order chi connectivity index (χ1) is 10.7. The Labute approximate surface area is 132 Å². The van der Waals surface area contributed by atoms with Crippen LogP contribution < -0.4 is 0 Å². The van der Waals surface area contributed by atoms with Gasteiger partial charge in [-0.1, -0.05) is 31.0 Å². The van der Waals surface area contributed by atoms with Gasteiger partial charge in [0.2, 0.25) is 0 Å². The lowest BCUT2D eigenvalue weighted by Gasteiger charge is -2.29. The highest BCUT2D eigenvalue weighted by atomic mass is 19.1. The fourth-order valence-corrected chi connectivity index (χ4v) is 3.30. The van der Waals surface area contributed by atoms with E-state index in [0.29, 0.717) is 6.04 Å². The second-order valence-corrected chi connectivity index (χ2v) is 6.17. The predicted octanol–water partition coefficient (Wildman–Crippen LogP) is 3.87. The van der Waals surface area contributed by atoms with Crippen LogP contribution in [0, 0.1) is 5.82 Å². The molecule has 122 valence electrons. The molecular formula is C18H26FNO2. The highest BCUT2D eigenvalue weighted by Gasteiger charge is 2.22. The average molecular weight is 307 g/mol. The summed E-state index contributed by atoms with van der Waals surface area (Å²) in [5.74, 6) is -0.849. The molecule has 0 atom stereocenters. The Hall–Kier alpha value is -1.42. The molecule has 0 heterocycles. The van der Waals surface area contributed by atoms with Crippen molar-refractivity contribution in [3.8, 4) is 0 Å². The summed E-state index contributed by atoms with van der Waals surface area (Å²) in [5, 5.41) is 8.72. The Morgan fingerprint density at radius 2 is 1.91 bits per heavy atom. The van der Waals surface area contributed by atoms with Gasteiger partial charge >= 0.3 is 5.97 Å². The molecule has 1 aromatic carbocycles. The van der Waals surface area contributed by atoms with Crippen molar-refractivity contribution in [3.63, 3.8) is 0 Å². The van der Waals surface area contributed by atoms with Crippen LogP contribution in [0.25, 0.3) is 0 Å². The zero-order chi connectivity index (χ0) is 15.8. The molecule has 1 N–H and O–H groups in total. The van der Waals surface area contributed by atoms with Crippen LogP contribution in [0.3, 0.4) is 0 Å². The summed E-state index contributed by atoms with van der Waals surface area (Å²) < 4.78 is 13.7. The normalized spacial score (nSPS) is 15.5. The fourth-order valence-electron chi connectivity index (χ4n) is 3.30. The standard InChI is InChI=1S/C18H26FNO2/c19-17-10-4-1-7-15(17)12-14-20(16-8-2-3-9-16)13-6-5-11-18(21)22/h1,4,7,10,16H,2-3,5-6,8-9,11-14H2,(H,21,22). The number of hydrogen-bond acceptors (Lipinski definition) is 2. The number of unbranched alkanes of at least 4 members (excludes halogenated alkanes) is 1. The number of carboxylic acids is 1. The van der Waals surface area contributed by atoms with E-state index in [0.717, 1.165) is 37.9 Å². The van der Waals surface area contributed by atoms with Gasteiger partial charge in [-0.15, -0.1) is 0 Å². The van der Waals surface area contributed by atoms with Gasteiger partial charge in [-0.2, -0.15) is 0 Å². The monoisotopic (exact) mass is 307 g/mol. The third kappa shape index (κ3) is 5.41. The summed E-state index contributed by atoms with van der Waals surface area (Å²) in [5.41, 5.74) is 0.774. The topological polar surface area (TPSA) is 40.5 Å². The van der Waals surface area contributed by atoms with Gasteiger partial charge in [0.25, 0.3) is 0 Å². The molecule has 0 unspecified atom stereocenters. The second-order valence-electron chi connectivity index (χ2n) is 6.17. The molecule has 3 nitrogen and oxygen atoms in total. The number of rotatable bonds is 9. The van der Waals surface area contributed by atoms with Crippen LogP contribution in [0.5, 0.6) is 0 Å². The van der Waals surface area contributed by atoms with Gasteiger partial charge in [0, 0.05) is 19.0 Å². The minimum Gasteiger partial charge on any atom is -0.481 e. The molecule has 0 amide bonds. The minimum atomic E-state index is -0.723. The van der Waals surface area contributed by atoms with Crippen LogP contribution in [-0.4, -0.2) is 35.1 Å². The molecule has 0 bridgehead atoms. The SMILES string of the molecule is O=C(O)CCCCN(CCc1ccccc1F)C1CCCC1. The number of halogens is 1. The van der Waals surface area contributed by atoms with Crippen LogP contribution in [0.1, 0.15) is 50.5 Å². The number of carboxylic acid groups (broad SMARTS) is 1. The molecule has 1 aromatic rings. The van der Waals surface area contributed by atoms with E-state index in [1.165, 1.54) is 31.7 Å². The van der Waals surface area contributed by atoms with E-state index in [-0.39, 0.29) is 12.2 Å². The smallest absolute Gasteiger partial charge is 0.303 e. The first-order valence-corrected chi connectivity index (χ1v) is 8.36. The second kappa shape index (κ2) is 8.89. The number of nitrogens with zero attached hydrogens (tertiary/aromatic N) is 1. The Morgan fingerprint density at radius 1 is 1.18 bits per heavy atom. The Bertz CT molecular complexity index is 472. The van der Waals surface area contributed by atoms with Crippen molar-refractivity contribution in [1.82, 2.24) is 4.90 Å². The summed E-state index contributed by atoms with van der Waals surface area (Å²) in [6, 6.07) is 7.57. The van der Waals surface area contributed by atoms with Crippen LogP contribution in [-0.2, 0) is 11.2 Å². The molecule has 1 fully saturated rings. The Morgan fingerprint density at radius 3 is 2.59 bits per heavy atom. The summed E-state index contributed by atoms with van der Waals surface area (Å²) >= 11 is 0. The van der Waals surface area contributed by atoms with Gasteiger partial charge in [-0.25, -0.2) is 4.39 Å². The molecule has 0 saturated heterocycles. The third-order valence-electron chi connectivity index (χ3n) is 4.55. The lowest BCUT2D eigenvalue weighted by Crippen LogP contribution is -2.36. The maximum Gasteiger partial charge on any atom is 0.303 e. The zero-order valence-electron chi connectivity index (χ0n) is 13.1. The molecule has 0 radical (unpaired) electrons. The van der Waals surface area contributed by atoms with Gasteiger partial charge in [0.1, 0.15) is 5.82 Å². The minimum absolute atomic E-state index is 0.125. The summed E-state index contributed by atoms with van der Waals surface area (Å²) in [6.07, 6.45) is 7.57. The molecule has 0 aliphatic heterocycles. The Kier molecular flexibility index (Phi) is 6.84. The van der Waals surface area contributed by atoms with Gasteiger partial charge < -0.3 is 10.0 Å². The van der Waals surface area contributed by atoms with Crippen molar-refractivity contribution >= 4 is 5.97 Å². The van der Waals surface area contributed by atoms with E-state index in [2.05, 4.69) is 4.90 Å². The van der Waals surface area contributed by atoms with E-state index < -0.39 is 5.97 Å². The maximum absolute atomic E-state index is 13.7. The molecule has 4 heteroatoms. The van der Waals surface area contributed by atoms with Gasteiger partial charge in [0.05, 0.1) is 0 Å². The lowest BCUT2D eigenvalue weighted by molar-refractivity contribution is -0.137. The van der Waals surface area contributed by atoms with Crippen molar-refractivity contribution in [2.45, 2.75) is 57.4 Å².